The Bertz CT molecular complexity index is 570. The average molecular weight is 300 g/mol. The van der Waals surface area contributed by atoms with Crippen LogP contribution in [0.15, 0.2) is 36.1 Å². The predicted molar refractivity (Wildman–Crippen MR) is 89.0 cm³/mol. The van der Waals surface area contributed by atoms with Crippen molar-refractivity contribution in [1.29, 1.82) is 0 Å². The number of carbonyl (C=O) groups is 1. The van der Waals surface area contributed by atoms with E-state index in [0.717, 1.165) is 30.1 Å². The van der Waals surface area contributed by atoms with Crippen molar-refractivity contribution >= 4 is 5.97 Å². The molecule has 2 nitrogen and oxygen atoms in total. The summed E-state index contributed by atoms with van der Waals surface area (Å²) in [5.41, 5.74) is 0.680. The Balaban J connectivity index is 1.98. The van der Waals surface area contributed by atoms with E-state index in [4.69, 9.17) is 4.74 Å². The fourth-order valence-electron chi connectivity index (χ4n) is 4.83. The van der Waals surface area contributed by atoms with Crippen molar-refractivity contribution in [2.24, 2.45) is 28.6 Å². The van der Waals surface area contributed by atoms with Crippen LogP contribution in [0.25, 0.3) is 0 Å². The summed E-state index contributed by atoms with van der Waals surface area (Å²) in [5, 5.41) is 0. The van der Waals surface area contributed by atoms with E-state index in [1.165, 1.54) is 12.8 Å². The first kappa shape index (κ1) is 15.6. The van der Waals surface area contributed by atoms with Crippen LogP contribution in [0.5, 0.6) is 0 Å². The normalized spacial score (nSPS) is 41.0. The zero-order valence-corrected chi connectivity index (χ0v) is 14.3. The van der Waals surface area contributed by atoms with Crippen LogP contribution < -0.4 is 0 Å². The van der Waals surface area contributed by atoms with Crippen LogP contribution in [0.1, 0.15) is 53.4 Å². The summed E-state index contributed by atoms with van der Waals surface area (Å²) in [7, 11) is 0. The fourth-order valence-corrected chi connectivity index (χ4v) is 4.83. The molecular weight excluding hydrogens is 272 g/mol. The predicted octanol–water partition coefficient (Wildman–Crippen LogP) is 5.03. The first-order chi connectivity index (χ1) is 10.3. The van der Waals surface area contributed by atoms with Crippen LogP contribution in [-0.2, 0) is 9.53 Å². The SMILES string of the molecule is C=C1C=C2OC(=O)C3(C)CC=C[C@](C)([C@H]1CC[C@H](C)CC)[C@@H]23. The van der Waals surface area contributed by atoms with Gasteiger partial charge in [-0.1, -0.05) is 52.3 Å². The Morgan fingerprint density at radius 2 is 2.18 bits per heavy atom. The molecule has 1 saturated heterocycles. The van der Waals surface area contributed by atoms with Crippen LogP contribution in [-0.4, -0.2) is 5.97 Å². The van der Waals surface area contributed by atoms with E-state index in [2.05, 4.69) is 52.5 Å². The molecule has 3 rings (SSSR count). The molecule has 5 atom stereocenters. The van der Waals surface area contributed by atoms with Gasteiger partial charge in [0, 0.05) is 11.3 Å². The molecule has 1 aliphatic heterocycles. The lowest BCUT2D eigenvalue weighted by Crippen LogP contribution is -2.47. The number of hydrogen-bond acceptors (Lipinski definition) is 2. The lowest BCUT2D eigenvalue weighted by molar-refractivity contribution is -0.145. The van der Waals surface area contributed by atoms with Gasteiger partial charge in [0.05, 0.1) is 5.41 Å². The van der Waals surface area contributed by atoms with Crippen molar-refractivity contribution < 1.29 is 9.53 Å². The first-order valence-electron chi connectivity index (χ1n) is 8.63. The highest BCUT2D eigenvalue weighted by molar-refractivity contribution is 5.83. The maximum absolute atomic E-state index is 12.4. The Labute approximate surface area is 134 Å². The molecule has 0 aromatic carbocycles. The Morgan fingerprint density at radius 3 is 2.86 bits per heavy atom. The highest BCUT2D eigenvalue weighted by atomic mass is 16.5. The van der Waals surface area contributed by atoms with Crippen molar-refractivity contribution in [3.63, 3.8) is 0 Å². The lowest BCUT2D eigenvalue weighted by atomic mass is 9.51. The second kappa shape index (κ2) is 5.11. The van der Waals surface area contributed by atoms with Gasteiger partial charge in [0.2, 0.25) is 0 Å². The second-order valence-corrected chi connectivity index (χ2v) is 7.98. The monoisotopic (exact) mass is 300 g/mol. The third-order valence-electron chi connectivity index (χ3n) is 6.41. The zero-order chi connectivity index (χ0) is 16.1. The zero-order valence-electron chi connectivity index (χ0n) is 14.3. The van der Waals surface area contributed by atoms with Gasteiger partial charge in [0.1, 0.15) is 5.76 Å². The minimum absolute atomic E-state index is 0.0478. The third-order valence-corrected chi connectivity index (χ3v) is 6.41. The largest absolute Gasteiger partial charge is 0.430 e. The molecule has 0 radical (unpaired) electrons. The van der Waals surface area contributed by atoms with Crippen molar-refractivity contribution in [2.75, 3.05) is 0 Å². The topological polar surface area (TPSA) is 26.3 Å². The van der Waals surface area contributed by atoms with E-state index in [1.807, 2.05) is 0 Å². The quantitative estimate of drug-likeness (QED) is 0.538. The Kier molecular flexibility index (Phi) is 3.62. The van der Waals surface area contributed by atoms with E-state index in [0.29, 0.717) is 5.92 Å². The van der Waals surface area contributed by atoms with Crippen LogP contribution in [0.4, 0.5) is 0 Å². The molecule has 0 aromatic heterocycles. The van der Waals surface area contributed by atoms with Crippen molar-refractivity contribution in [2.45, 2.75) is 53.4 Å². The molecule has 2 heteroatoms. The van der Waals surface area contributed by atoms with Crippen LogP contribution in [0, 0.1) is 28.6 Å². The maximum Gasteiger partial charge on any atom is 0.317 e. The molecule has 120 valence electrons. The Hall–Kier alpha value is -1.31. The first-order valence-corrected chi connectivity index (χ1v) is 8.63. The minimum Gasteiger partial charge on any atom is -0.430 e. The van der Waals surface area contributed by atoms with Gasteiger partial charge in [0.25, 0.3) is 0 Å². The van der Waals surface area contributed by atoms with Gasteiger partial charge in [-0.25, -0.2) is 0 Å². The van der Waals surface area contributed by atoms with Gasteiger partial charge in [0.15, 0.2) is 0 Å². The number of hydrogen-bond donors (Lipinski definition) is 0. The standard InChI is InChI=1S/C20H28O2/c1-6-13(2)8-9-15-14(3)12-16-17-19(15,4)10-7-11-20(17,5)18(21)22-16/h7,10,12-13,15,17H,3,6,8-9,11H2,1-2,4-5H3/t13-,15+,17-,19-,20?/m1/s1. The van der Waals surface area contributed by atoms with Gasteiger partial charge in [-0.3, -0.25) is 4.79 Å². The van der Waals surface area contributed by atoms with E-state index in [9.17, 15) is 4.79 Å². The summed E-state index contributed by atoms with van der Waals surface area (Å²) < 4.78 is 5.63. The maximum atomic E-state index is 12.4. The number of rotatable bonds is 4. The summed E-state index contributed by atoms with van der Waals surface area (Å²) in [4.78, 5) is 12.4. The van der Waals surface area contributed by atoms with Gasteiger partial charge < -0.3 is 4.74 Å². The minimum atomic E-state index is -0.398. The molecule has 0 bridgehead atoms. The number of esters is 1. The molecule has 3 aliphatic rings. The summed E-state index contributed by atoms with van der Waals surface area (Å²) in [6, 6.07) is 0. The molecule has 0 aromatic rings. The molecule has 0 N–H and O–H groups in total. The molecule has 1 unspecified atom stereocenters. The highest BCUT2D eigenvalue weighted by Gasteiger charge is 2.62. The molecule has 0 spiro atoms. The molecule has 0 amide bonds. The van der Waals surface area contributed by atoms with Crippen molar-refractivity contribution in [1.82, 2.24) is 0 Å². The molecular formula is C20H28O2. The van der Waals surface area contributed by atoms with Gasteiger partial charge in [-0.15, -0.1) is 0 Å². The summed E-state index contributed by atoms with van der Waals surface area (Å²) >= 11 is 0. The van der Waals surface area contributed by atoms with Crippen LogP contribution >= 0.6 is 0 Å². The molecule has 0 saturated carbocycles. The number of ether oxygens (including phenoxy) is 1. The summed E-state index contributed by atoms with van der Waals surface area (Å²) in [5.74, 6) is 2.10. The average Bonchev–Trinajstić information content (AvgIpc) is 2.70. The lowest BCUT2D eigenvalue weighted by Gasteiger charge is -2.50. The fraction of sp³-hybridized carbons (Fsp3) is 0.650. The summed E-state index contributed by atoms with van der Waals surface area (Å²) in [6.07, 6.45) is 10.9. The van der Waals surface area contributed by atoms with Crippen LogP contribution in [0.2, 0.25) is 0 Å². The molecule has 22 heavy (non-hydrogen) atoms. The third kappa shape index (κ3) is 2.03. The van der Waals surface area contributed by atoms with E-state index in [1.54, 1.807) is 0 Å². The number of carbonyl (C=O) groups excluding carboxylic acids is 1. The highest BCUT2D eigenvalue weighted by Crippen LogP contribution is 2.63. The molecule has 1 heterocycles. The second-order valence-electron chi connectivity index (χ2n) is 7.98. The van der Waals surface area contributed by atoms with E-state index in [-0.39, 0.29) is 17.3 Å². The van der Waals surface area contributed by atoms with Crippen LogP contribution in [0.3, 0.4) is 0 Å². The summed E-state index contributed by atoms with van der Waals surface area (Å²) in [6.45, 7) is 13.2. The van der Waals surface area contributed by atoms with Gasteiger partial charge in [-0.05, 0) is 43.3 Å². The Morgan fingerprint density at radius 1 is 1.45 bits per heavy atom. The number of allylic oxidation sites excluding steroid dienone is 5. The van der Waals surface area contributed by atoms with Gasteiger partial charge in [-0.2, -0.15) is 0 Å². The van der Waals surface area contributed by atoms with Crippen molar-refractivity contribution in [3.8, 4) is 0 Å². The van der Waals surface area contributed by atoms with Gasteiger partial charge >= 0.3 is 5.97 Å². The van der Waals surface area contributed by atoms with E-state index < -0.39 is 5.41 Å². The van der Waals surface area contributed by atoms with Crippen molar-refractivity contribution in [3.05, 3.63) is 36.1 Å². The molecule has 2 aliphatic carbocycles. The van der Waals surface area contributed by atoms with E-state index >= 15 is 0 Å². The molecule has 1 fully saturated rings. The smallest absolute Gasteiger partial charge is 0.317 e.